The normalized spacial score (nSPS) is 19.1. The Kier molecular flexibility index (Phi) is 5.87. The van der Waals surface area contributed by atoms with Crippen molar-refractivity contribution in [3.8, 4) is 22.8 Å². The summed E-state index contributed by atoms with van der Waals surface area (Å²) < 4.78 is 52.4. The Morgan fingerprint density at radius 3 is 2.40 bits per heavy atom. The number of morpholine rings is 1. The molecule has 10 nitrogen and oxygen atoms in total. The summed E-state index contributed by atoms with van der Waals surface area (Å²) in [4.78, 5) is 14.6. The number of methoxy groups -OCH3 is 2. The molecule has 3 fully saturated rings. The first-order chi connectivity index (χ1) is 19.3. The van der Waals surface area contributed by atoms with Crippen LogP contribution in [-0.4, -0.2) is 64.9 Å². The van der Waals surface area contributed by atoms with Gasteiger partial charge in [-0.1, -0.05) is 17.3 Å². The zero-order chi connectivity index (χ0) is 27.6. The number of nitrogens with zero attached hydrogens (tertiary/aromatic N) is 2. The Morgan fingerprint density at radius 2 is 1.77 bits per heavy atom. The molecule has 1 spiro atoms. The van der Waals surface area contributed by atoms with Crippen LogP contribution in [0.3, 0.4) is 0 Å². The molecule has 1 aliphatic heterocycles. The molecule has 11 heteroatoms. The molecule has 1 N–H and O–H groups in total. The number of aromatic nitrogens is 1. The molecule has 1 aromatic heterocycles. The Balaban J connectivity index is 1.24. The molecule has 1 saturated heterocycles. The minimum atomic E-state index is -4.24. The van der Waals surface area contributed by atoms with Crippen molar-refractivity contribution in [2.75, 3.05) is 45.2 Å². The average molecular weight is 566 g/mol. The highest BCUT2D eigenvalue weighted by Crippen LogP contribution is 2.59. The topological polar surface area (TPSA) is 120 Å². The van der Waals surface area contributed by atoms with Crippen LogP contribution < -0.4 is 14.2 Å². The van der Waals surface area contributed by atoms with Gasteiger partial charge in [0.05, 0.1) is 27.4 Å². The molecule has 2 aromatic carbocycles. The number of rotatable bonds is 7. The van der Waals surface area contributed by atoms with E-state index >= 15 is 0 Å². The lowest BCUT2D eigenvalue weighted by Gasteiger charge is -2.27. The van der Waals surface area contributed by atoms with Crippen molar-refractivity contribution >= 4 is 21.7 Å². The predicted molar refractivity (Wildman–Crippen MR) is 146 cm³/mol. The van der Waals surface area contributed by atoms with Crippen LogP contribution in [0.5, 0.6) is 11.5 Å². The van der Waals surface area contributed by atoms with Crippen LogP contribution in [-0.2, 0) is 26.6 Å². The lowest BCUT2D eigenvalue weighted by molar-refractivity contribution is 0.0302. The highest BCUT2D eigenvalue weighted by atomic mass is 32.2. The Labute approximate surface area is 232 Å². The van der Waals surface area contributed by atoms with E-state index < -0.39 is 10.0 Å². The summed E-state index contributed by atoms with van der Waals surface area (Å²) in [6.45, 7) is 1.81. The van der Waals surface area contributed by atoms with Crippen LogP contribution in [0, 0.1) is 0 Å². The highest BCUT2D eigenvalue weighted by Gasteiger charge is 2.51. The summed E-state index contributed by atoms with van der Waals surface area (Å²) in [6, 6.07) is 9.52. The van der Waals surface area contributed by atoms with E-state index in [2.05, 4.69) is 28.1 Å². The number of hydrogen-bond donors (Lipinski definition) is 1. The van der Waals surface area contributed by atoms with Crippen molar-refractivity contribution in [3.05, 3.63) is 52.6 Å². The van der Waals surface area contributed by atoms with E-state index in [1.54, 1.807) is 4.90 Å². The second-order valence-corrected chi connectivity index (χ2v) is 12.7. The molecule has 3 aromatic rings. The molecule has 0 atom stereocenters. The van der Waals surface area contributed by atoms with Gasteiger partial charge in [0.25, 0.3) is 15.9 Å². The fourth-order valence-electron chi connectivity index (χ4n) is 6.07. The third kappa shape index (κ3) is 4.14. The van der Waals surface area contributed by atoms with E-state index in [0.29, 0.717) is 44.4 Å². The predicted octanol–water partition coefficient (Wildman–Crippen LogP) is 4.10. The third-order valence-electron chi connectivity index (χ3n) is 8.57. The van der Waals surface area contributed by atoms with Crippen LogP contribution in [0.1, 0.15) is 58.6 Å². The maximum atomic E-state index is 13.8. The summed E-state index contributed by atoms with van der Waals surface area (Å²) in [5.74, 6) is 1.13. The molecule has 7 rings (SSSR count). The van der Waals surface area contributed by atoms with E-state index in [0.717, 1.165) is 24.0 Å². The number of benzene rings is 2. The molecule has 1 amide bonds. The maximum absolute atomic E-state index is 13.8. The largest absolute Gasteiger partial charge is 0.495 e. The van der Waals surface area contributed by atoms with Gasteiger partial charge in [0.15, 0.2) is 16.5 Å². The molecular weight excluding hydrogens is 534 g/mol. The van der Waals surface area contributed by atoms with Gasteiger partial charge in [-0.3, -0.25) is 9.52 Å². The maximum Gasteiger partial charge on any atom is 0.270 e. The van der Waals surface area contributed by atoms with E-state index in [1.807, 2.05) is 0 Å². The van der Waals surface area contributed by atoms with E-state index in [-0.39, 0.29) is 39.1 Å². The van der Waals surface area contributed by atoms with Gasteiger partial charge in [-0.05, 0) is 67.3 Å². The lowest BCUT2D eigenvalue weighted by Crippen LogP contribution is -2.40. The molecular formula is C29H31N3O7S. The van der Waals surface area contributed by atoms with Gasteiger partial charge < -0.3 is 23.6 Å². The number of carbonyl (C=O) groups is 1. The number of amides is 1. The van der Waals surface area contributed by atoms with E-state index in [4.69, 9.17) is 18.7 Å². The number of nitrogens with one attached hydrogen (secondary N) is 1. The van der Waals surface area contributed by atoms with Crippen LogP contribution in [0.4, 0.5) is 5.82 Å². The molecule has 3 aliphatic carbocycles. The van der Waals surface area contributed by atoms with Gasteiger partial charge in [0, 0.05) is 35.2 Å². The van der Waals surface area contributed by atoms with Crippen molar-refractivity contribution in [1.29, 1.82) is 0 Å². The van der Waals surface area contributed by atoms with Crippen molar-refractivity contribution in [2.45, 2.75) is 48.3 Å². The van der Waals surface area contributed by atoms with Crippen molar-refractivity contribution < 1.29 is 31.9 Å². The monoisotopic (exact) mass is 565 g/mol. The molecule has 0 bridgehead atoms. The summed E-state index contributed by atoms with van der Waals surface area (Å²) in [6.07, 6.45) is 5.12. The number of sulfonamides is 1. The molecule has 2 heterocycles. The molecule has 4 aliphatic rings. The SMILES string of the molecule is COc1cc(C(=O)N2CCOCC2)cc(OC)c1S(=O)(=O)Nc1noc2c1CC1(CC1)c1ccc(C3CC3)cc1-2. The molecule has 0 radical (unpaired) electrons. The highest BCUT2D eigenvalue weighted by molar-refractivity contribution is 7.93. The van der Waals surface area contributed by atoms with Crippen LogP contribution in [0.2, 0.25) is 0 Å². The lowest BCUT2D eigenvalue weighted by atomic mass is 9.78. The van der Waals surface area contributed by atoms with Gasteiger partial charge in [0.2, 0.25) is 0 Å². The standard InChI is InChI=1S/C29H31N3O7S/c1-36-23-14-19(28(33)32-9-11-38-12-10-32)15-24(37-2)26(23)40(34,35)31-27-21-16-29(7-8-29)22-6-5-18(17-3-4-17)13-20(22)25(21)39-30-27/h5-6,13-15,17H,3-4,7-12,16H2,1-2H3,(H,30,31). The van der Waals surface area contributed by atoms with E-state index in [1.165, 1.54) is 50.3 Å². The second-order valence-electron chi connectivity index (χ2n) is 11.1. The van der Waals surface area contributed by atoms with Crippen LogP contribution >= 0.6 is 0 Å². The molecule has 2 saturated carbocycles. The van der Waals surface area contributed by atoms with Crippen LogP contribution in [0.15, 0.2) is 39.8 Å². The first kappa shape index (κ1) is 25.4. The third-order valence-corrected chi connectivity index (χ3v) is 9.97. The number of anilines is 1. The van der Waals surface area contributed by atoms with Crippen molar-refractivity contribution in [1.82, 2.24) is 10.1 Å². The minimum absolute atomic E-state index is 0.00101. The second kappa shape index (κ2) is 9.24. The van der Waals surface area contributed by atoms with E-state index in [9.17, 15) is 13.2 Å². The minimum Gasteiger partial charge on any atom is -0.495 e. The average Bonchev–Trinajstić information content (AvgIpc) is 3.91. The summed E-state index contributed by atoms with van der Waals surface area (Å²) in [5, 5.41) is 4.19. The fraction of sp³-hybridized carbons (Fsp3) is 0.448. The molecule has 40 heavy (non-hydrogen) atoms. The van der Waals surface area contributed by atoms with Gasteiger partial charge in [-0.25, -0.2) is 8.42 Å². The van der Waals surface area contributed by atoms with Crippen molar-refractivity contribution in [3.63, 3.8) is 0 Å². The number of carbonyl (C=O) groups excluding carboxylic acids is 1. The quantitative estimate of drug-likeness (QED) is 0.455. The fourth-order valence-corrected chi connectivity index (χ4v) is 7.41. The number of ether oxygens (including phenoxy) is 3. The Morgan fingerprint density at radius 1 is 1.07 bits per heavy atom. The summed E-state index contributed by atoms with van der Waals surface area (Å²) >= 11 is 0. The first-order valence-corrected chi connectivity index (χ1v) is 15.1. The van der Waals surface area contributed by atoms with Crippen molar-refractivity contribution in [2.24, 2.45) is 0 Å². The molecule has 0 unspecified atom stereocenters. The van der Waals surface area contributed by atoms with Crippen LogP contribution in [0.25, 0.3) is 11.3 Å². The first-order valence-electron chi connectivity index (χ1n) is 13.6. The number of fused-ring (bicyclic) bond motifs is 4. The Hall–Kier alpha value is -3.57. The van der Waals surface area contributed by atoms with Gasteiger partial charge in [0.1, 0.15) is 11.5 Å². The number of hydrogen-bond acceptors (Lipinski definition) is 8. The van der Waals surface area contributed by atoms with Gasteiger partial charge >= 0.3 is 0 Å². The zero-order valence-corrected chi connectivity index (χ0v) is 23.3. The van der Waals surface area contributed by atoms with Gasteiger partial charge in [-0.2, -0.15) is 0 Å². The zero-order valence-electron chi connectivity index (χ0n) is 22.5. The smallest absolute Gasteiger partial charge is 0.270 e. The van der Waals surface area contributed by atoms with Gasteiger partial charge in [-0.15, -0.1) is 0 Å². The molecule has 210 valence electrons. The Bertz CT molecular complexity index is 1590. The summed E-state index contributed by atoms with van der Waals surface area (Å²) in [7, 11) is -1.52. The summed E-state index contributed by atoms with van der Waals surface area (Å²) in [5.41, 5.74) is 4.60.